The minimum Gasteiger partial charge on any atom is -0.467 e. The van der Waals surface area contributed by atoms with Gasteiger partial charge in [0.1, 0.15) is 9.97 Å². The van der Waals surface area contributed by atoms with Gasteiger partial charge >= 0.3 is 0 Å². The first-order valence-electron chi connectivity index (χ1n) is 8.61. The molecule has 0 saturated heterocycles. The van der Waals surface area contributed by atoms with Gasteiger partial charge in [-0.25, -0.2) is 8.42 Å². The van der Waals surface area contributed by atoms with Crippen LogP contribution in [0.1, 0.15) is 27.9 Å². The molecule has 1 aromatic carbocycles. The maximum Gasteiger partial charge on any atom is 0.271 e. The summed E-state index contributed by atoms with van der Waals surface area (Å²) < 4.78 is 33.2. The first-order chi connectivity index (χ1) is 13.8. The van der Waals surface area contributed by atoms with Crippen LogP contribution in [0, 0.1) is 0 Å². The number of hydrogen-bond donors (Lipinski definition) is 3. The van der Waals surface area contributed by atoms with Gasteiger partial charge in [0.15, 0.2) is 0 Å². The minimum atomic E-state index is -3.89. The number of rotatable bonds is 8. The van der Waals surface area contributed by atoms with E-state index in [1.807, 2.05) is 0 Å². The maximum atomic E-state index is 12.7. The Morgan fingerprint density at radius 3 is 2.52 bits per heavy atom. The lowest BCUT2D eigenvalue weighted by Crippen LogP contribution is -2.24. The van der Waals surface area contributed by atoms with E-state index in [-0.39, 0.29) is 34.5 Å². The number of nitrogens with one attached hydrogen (secondary N) is 3. The molecule has 0 saturated carbocycles. The summed E-state index contributed by atoms with van der Waals surface area (Å²) in [5.74, 6) is -0.0469. The van der Waals surface area contributed by atoms with Crippen LogP contribution in [0.25, 0.3) is 0 Å². The molecule has 0 aliphatic heterocycles. The van der Waals surface area contributed by atoms with E-state index in [9.17, 15) is 18.0 Å². The monoisotopic (exact) mass is 433 g/mol. The van der Waals surface area contributed by atoms with Gasteiger partial charge in [-0.15, -0.1) is 11.3 Å². The normalized spacial score (nSPS) is 11.1. The Morgan fingerprint density at radius 1 is 1.00 bits per heavy atom. The molecule has 0 aliphatic rings. The Labute approximate surface area is 172 Å². The highest BCUT2D eigenvalue weighted by Gasteiger charge is 2.20. The van der Waals surface area contributed by atoms with Crippen LogP contribution in [0.3, 0.4) is 0 Å². The highest BCUT2D eigenvalue weighted by molar-refractivity contribution is 7.94. The summed E-state index contributed by atoms with van der Waals surface area (Å²) in [5, 5.41) is 5.32. The van der Waals surface area contributed by atoms with Crippen molar-refractivity contribution in [1.29, 1.82) is 0 Å². The van der Waals surface area contributed by atoms with Crippen LogP contribution in [-0.2, 0) is 27.9 Å². The fourth-order valence-corrected chi connectivity index (χ4v) is 4.83. The van der Waals surface area contributed by atoms with Gasteiger partial charge < -0.3 is 15.1 Å². The molecule has 3 N–H and O–H groups in total. The van der Waals surface area contributed by atoms with E-state index in [0.717, 1.165) is 11.3 Å². The minimum absolute atomic E-state index is 0.0867. The number of carbonyl (C=O) groups is 2. The molecule has 0 bridgehead atoms. The van der Waals surface area contributed by atoms with E-state index in [2.05, 4.69) is 15.4 Å². The van der Waals surface area contributed by atoms with Crippen molar-refractivity contribution in [2.75, 3.05) is 4.72 Å². The summed E-state index contributed by atoms with van der Waals surface area (Å²) in [7, 11) is -3.89. The van der Waals surface area contributed by atoms with Gasteiger partial charge in [-0.05, 0) is 36.4 Å². The van der Waals surface area contributed by atoms with Crippen molar-refractivity contribution >= 4 is 38.9 Å². The van der Waals surface area contributed by atoms with Crippen LogP contribution in [0.4, 0.5) is 5.69 Å². The molecule has 29 heavy (non-hydrogen) atoms. The molecular weight excluding hydrogens is 414 g/mol. The average Bonchev–Trinajstić information content (AvgIpc) is 3.37. The zero-order valence-corrected chi connectivity index (χ0v) is 17.1. The third-order valence-corrected chi connectivity index (χ3v) is 6.78. The Hall–Kier alpha value is -3.11. The number of anilines is 1. The highest BCUT2D eigenvalue weighted by atomic mass is 32.2. The van der Waals surface area contributed by atoms with E-state index >= 15 is 0 Å². The lowest BCUT2D eigenvalue weighted by molar-refractivity contribution is -0.119. The van der Waals surface area contributed by atoms with Crippen molar-refractivity contribution < 1.29 is 22.4 Å². The molecule has 0 fully saturated rings. The van der Waals surface area contributed by atoms with Gasteiger partial charge in [0.2, 0.25) is 5.91 Å². The van der Waals surface area contributed by atoms with Crippen molar-refractivity contribution in [2.45, 2.75) is 24.2 Å². The van der Waals surface area contributed by atoms with E-state index in [0.29, 0.717) is 10.6 Å². The predicted molar refractivity (Wildman–Crippen MR) is 109 cm³/mol. The van der Waals surface area contributed by atoms with E-state index in [1.165, 1.54) is 31.4 Å². The molecule has 3 rings (SSSR count). The summed E-state index contributed by atoms with van der Waals surface area (Å²) >= 11 is 1.05. The topological polar surface area (TPSA) is 118 Å². The molecule has 3 aromatic rings. The summed E-state index contributed by atoms with van der Waals surface area (Å²) in [6.07, 6.45) is 1.50. The Balaban J connectivity index is 1.74. The molecule has 8 nitrogen and oxygen atoms in total. The van der Waals surface area contributed by atoms with E-state index in [1.54, 1.807) is 30.3 Å². The summed E-state index contributed by atoms with van der Waals surface area (Å²) in [5.41, 5.74) is 0.360. The number of thiophene rings is 1. The molecule has 0 radical (unpaired) electrons. The fraction of sp³-hybridized carbons (Fsp3) is 0.158. The maximum absolute atomic E-state index is 12.7. The summed E-state index contributed by atoms with van der Waals surface area (Å²) in [6.45, 7) is 1.83. The van der Waals surface area contributed by atoms with E-state index in [4.69, 9.17) is 4.42 Å². The van der Waals surface area contributed by atoms with Crippen LogP contribution >= 0.6 is 11.3 Å². The molecule has 10 heteroatoms. The molecule has 2 amide bonds. The van der Waals surface area contributed by atoms with Crippen molar-refractivity contribution in [3.63, 3.8) is 0 Å². The van der Waals surface area contributed by atoms with Gasteiger partial charge in [-0.1, -0.05) is 12.1 Å². The zero-order chi connectivity index (χ0) is 20.9. The standard InChI is InChI=1S/C19H19N3O5S2/c1-13(23)20-12-15-8-9-18(28-15)29(25,26)22-17-7-3-2-6-16(17)19(24)21-11-14-5-4-10-27-14/h2-10,22H,11-12H2,1H3,(H,20,23)(H,21,24). The average molecular weight is 434 g/mol. The lowest BCUT2D eigenvalue weighted by Gasteiger charge is -2.11. The number of hydrogen-bond acceptors (Lipinski definition) is 6. The largest absolute Gasteiger partial charge is 0.467 e. The molecule has 0 spiro atoms. The van der Waals surface area contributed by atoms with Crippen LogP contribution in [0.2, 0.25) is 0 Å². The lowest BCUT2D eigenvalue weighted by atomic mass is 10.1. The SMILES string of the molecule is CC(=O)NCc1ccc(S(=O)(=O)Nc2ccccc2C(=O)NCc2ccco2)s1. The van der Waals surface area contributed by atoms with Crippen molar-refractivity contribution in [2.24, 2.45) is 0 Å². The zero-order valence-electron chi connectivity index (χ0n) is 15.5. The van der Waals surface area contributed by atoms with Gasteiger partial charge in [0.25, 0.3) is 15.9 Å². The van der Waals surface area contributed by atoms with Gasteiger partial charge in [0.05, 0.1) is 30.6 Å². The van der Waals surface area contributed by atoms with E-state index < -0.39 is 15.9 Å². The third kappa shape index (κ3) is 5.46. The second-order valence-corrected chi connectivity index (χ2v) is 9.12. The molecule has 2 heterocycles. The van der Waals surface area contributed by atoms with Gasteiger partial charge in [-0.2, -0.15) is 0 Å². The molecule has 152 valence electrons. The molecule has 2 aromatic heterocycles. The summed E-state index contributed by atoms with van der Waals surface area (Å²) in [6, 6.07) is 12.9. The highest BCUT2D eigenvalue weighted by Crippen LogP contribution is 2.25. The number of benzene rings is 1. The molecule has 0 unspecified atom stereocenters. The second kappa shape index (κ2) is 8.93. The fourth-order valence-electron chi connectivity index (χ4n) is 2.45. The number of carbonyl (C=O) groups excluding carboxylic acids is 2. The second-order valence-electron chi connectivity index (χ2n) is 6.04. The van der Waals surface area contributed by atoms with Crippen LogP contribution < -0.4 is 15.4 Å². The Morgan fingerprint density at radius 2 is 1.79 bits per heavy atom. The van der Waals surface area contributed by atoms with Crippen LogP contribution in [-0.4, -0.2) is 20.2 Å². The van der Waals surface area contributed by atoms with Crippen molar-refractivity contribution in [3.8, 4) is 0 Å². The molecular formula is C19H19N3O5S2. The van der Waals surface area contributed by atoms with Gasteiger partial charge in [0, 0.05) is 11.8 Å². The first-order valence-corrected chi connectivity index (χ1v) is 10.9. The number of furan rings is 1. The number of sulfonamides is 1. The van der Waals surface area contributed by atoms with Crippen LogP contribution in [0.5, 0.6) is 0 Å². The van der Waals surface area contributed by atoms with Gasteiger partial charge in [-0.3, -0.25) is 14.3 Å². The first kappa shape index (κ1) is 20.6. The van der Waals surface area contributed by atoms with Crippen LogP contribution in [0.15, 0.2) is 63.4 Å². The predicted octanol–water partition coefficient (Wildman–Crippen LogP) is 2.71. The number of para-hydroxylation sites is 1. The molecule has 0 atom stereocenters. The quantitative estimate of drug-likeness (QED) is 0.505. The summed E-state index contributed by atoms with van der Waals surface area (Å²) in [4.78, 5) is 24.2. The van der Waals surface area contributed by atoms with Crippen molar-refractivity contribution in [1.82, 2.24) is 10.6 Å². The Kier molecular flexibility index (Phi) is 6.35. The Bertz CT molecular complexity index is 1100. The van der Waals surface area contributed by atoms with Crippen molar-refractivity contribution in [3.05, 3.63) is 71.0 Å². The number of amides is 2. The smallest absolute Gasteiger partial charge is 0.271 e. The molecule has 0 aliphatic carbocycles. The third-order valence-electron chi connectivity index (χ3n) is 3.83.